The van der Waals surface area contributed by atoms with Gasteiger partial charge in [0.25, 0.3) is 5.91 Å². The quantitative estimate of drug-likeness (QED) is 0.524. The summed E-state index contributed by atoms with van der Waals surface area (Å²) >= 11 is 5.85. The van der Waals surface area contributed by atoms with Crippen LogP contribution in [0.1, 0.15) is 26.5 Å². The first-order chi connectivity index (χ1) is 13.8. The fourth-order valence-corrected chi connectivity index (χ4v) is 2.63. The molecule has 2 aromatic carbocycles. The van der Waals surface area contributed by atoms with Crippen molar-refractivity contribution in [3.8, 4) is 11.3 Å². The van der Waals surface area contributed by atoms with Crippen molar-refractivity contribution in [1.29, 1.82) is 0 Å². The summed E-state index contributed by atoms with van der Waals surface area (Å²) in [5.41, 5.74) is 0.0298. The normalized spacial score (nSPS) is 11.1. The summed E-state index contributed by atoms with van der Waals surface area (Å²) in [4.78, 5) is 35.4. The second-order valence-electron chi connectivity index (χ2n) is 5.88. The molecule has 0 unspecified atom stereocenters. The summed E-state index contributed by atoms with van der Waals surface area (Å²) in [6.45, 7) is 0. The van der Waals surface area contributed by atoms with E-state index in [0.717, 1.165) is 6.08 Å². The second-order valence-corrected chi connectivity index (χ2v) is 6.32. The molecule has 29 heavy (non-hydrogen) atoms. The van der Waals surface area contributed by atoms with Crippen LogP contribution in [0.25, 0.3) is 17.4 Å². The van der Waals surface area contributed by atoms with E-state index >= 15 is 0 Å². The Morgan fingerprint density at radius 1 is 0.966 bits per heavy atom. The van der Waals surface area contributed by atoms with Gasteiger partial charge < -0.3 is 19.9 Å². The molecule has 0 aliphatic rings. The van der Waals surface area contributed by atoms with Gasteiger partial charge in [-0.3, -0.25) is 4.79 Å². The molecule has 3 aromatic rings. The molecule has 0 radical (unpaired) electrons. The molecule has 0 atom stereocenters. The van der Waals surface area contributed by atoms with E-state index in [0.29, 0.717) is 10.6 Å². The Balaban J connectivity index is 1.98. The predicted octanol–water partition coefficient (Wildman–Crippen LogP) is 4.15. The van der Waals surface area contributed by atoms with Gasteiger partial charge in [-0.2, -0.15) is 0 Å². The molecular weight excluding hydrogens is 398 g/mol. The largest absolute Gasteiger partial charge is 0.478 e. The third-order valence-electron chi connectivity index (χ3n) is 3.91. The zero-order valence-corrected chi connectivity index (χ0v) is 15.5. The van der Waals surface area contributed by atoms with Gasteiger partial charge >= 0.3 is 11.9 Å². The summed E-state index contributed by atoms with van der Waals surface area (Å²) in [7, 11) is 0. The van der Waals surface area contributed by atoms with Gasteiger partial charge in [-0.25, -0.2) is 9.59 Å². The maximum atomic E-state index is 12.3. The van der Waals surface area contributed by atoms with Gasteiger partial charge in [0.15, 0.2) is 0 Å². The van der Waals surface area contributed by atoms with Crippen LogP contribution in [0.5, 0.6) is 0 Å². The molecule has 1 aromatic heterocycles. The number of amides is 1. The summed E-state index contributed by atoms with van der Waals surface area (Å²) in [5.74, 6) is -3.41. The number of carboxylic acid groups (broad SMARTS) is 2. The smallest absolute Gasteiger partial charge is 0.352 e. The Bertz CT molecular complexity index is 1100. The van der Waals surface area contributed by atoms with E-state index < -0.39 is 23.5 Å². The van der Waals surface area contributed by atoms with Crippen molar-refractivity contribution in [2.75, 3.05) is 0 Å². The predicted molar refractivity (Wildman–Crippen MR) is 106 cm³/mol. The lowest BCUT2D eigenvalue weighted by Gasteiger charge is -2.05. The summed E-state index contributed by atoms with van der Waals surface area (Å²) in [6, 6.07) is 15.8. The lowest BCUT2D eigenvalue weighted by molar-refractivity contribution is -0.132. The van der Waals surface area contributed by atoms with Crippen LogP contribution in [0.2, 0.25) is 5.02 Å². The Hall–Kier alpha value is -3.84. The van der Waals surface area contributed by atoms with Gasteiger partial charge in [0.2, 0.25) is 0 Å². The number of hydrogen-bond acceptors (Lipinski definition) is 4. The molecule has 0 bridgehead atoms. The van der Waals surface area contributed by atoms with Crippen LogP contribution in [0.4, 0.5) is 0 Å². The van der Waals surface area contributed by atoms with Gasteiger partial charge in [0, 0.05) is 22.2 Å². The van der Waals surface area contributed by atoms with E-state index in [1.54, 1.807) is 42.5 Å². The van der Waals surface area contributed by atoms with Crippen LogP contribution in [0.3, 0.4) is 0 Å². The summed E-state index contributed by atoms with van der Waals surface area (Å²) < 4.78 is 5.56. The van der Waals surface area contributed by atoms with Gasteiger partial charge in [0.05, 0.1) is 0 Å². The van der Waals surface area contributed by atoms with E-state index in [9.17, 15) is 24.6 Å². The van der Waals surface area contributed by atoms with E-state index in [1.165, 1.54) is 18.2 Å². The molecule has 0 aliphatic heterocycles. The Morgan fingerprint density at radius 3 is 2.21 bits per heavy atom. The van der Waals surface area contributed by atoms with E-state index in [2.05, 4.69) is 5.32 Å². The molecule has 146 valence electrons. The van der Waals surface area contributed by atoms with Crippen molar-refractivity contribution in [2.24, 2.45) is 0 Å². The van der Waals surface area contributed by atoms with E-state index in [1.807, 2.05) is 0 Å². The average Bonchev–Trinajstić information content (AvgIpc) is 3.12. The first kappa shape index (κ1) is 19.9. The summed E-state index contributed by atoms with van der Waals surface area (Å²) in [6.07, 6.45) is 0.964. The molecule has 3 N–H and O–H groups in total. The van der Waals surface area contributed by atoms with Crippen molar-refractivity contribution in [2.45, 2.75) is 0 Å². The molecule has 7 nitrogen and oxygen atoms in total. The zero-order valence-electron chi connectivity index (χ0n) is 14.8. The summed E-state index contributed by atoms with van der Waals surface area (Å²) in [5, 5.41) is 21.6. The molecule has 1 amide bonds. The lowest BCUT2D eigenvalue weighted by Crippen LogP contribution is -2.27. The average molecular weight is 412 g/mol. The van der Waals surface area contributed by atoms with Gasteiger partial charge in [0.1, 0.15) is 22.8 Å². The highest BCUT2D eigenvalue weighted by molar-refractivity contribution is 6.30. The number of carboxylic acids is 2. The van der Waals surface area contributed by atoms with Crippen LogP contribution in [0.15, 0.2) is 70.8 Å². The molecule has 0 saturated heterocycles. The molecule has 3 rings (SSSR count). The highest BCUT2D eigenvalue weighted by atomic mass is 35.5. The number of nitrogens with one attached hydrogen (secondary N) is 1. The van der Waals surface area contributed by atoms with E-state index in [4.69, 9.17) is 16.0 Å². The Kier molecular flexibility index (Phi) is 5.80. The van der Waals surface area contributed by atoms with Crippen molar-refractivity contribution in [3.63, 3.8) is 0 Å². The monoisotopic (exact) mass is 411 g/mol. The first-order valence-corrected chi connectivity index (χ1v) is 8.67. The minimum Gasteiger partial charge on any atom is -0.478 e. The minimum atomic E-state index is -1.45. The van der Waals surface area contributed by atoms with Crippen LogP contribution < -0.4 is 5.32 Å². The first-order valence-electron chi connectivity index (χ1n) is 8.29. The van der Waals surface area contributed by atoms with Crippen molar-refractivity contribution < 1.29 is 29.0 Å². The number of carbonyl (C=O) groups is 3. The topological polar surface area (TPSA) is 117 Å². The molecule has 0 aliphatic carbocycles. The number of aromatic carboxylic acids is 1. The highest BCUT2D eigenvalue weighted by Gasteiger charge is 2.20. The van der Waals surface area contributed by atoms with Crippen molar-refractivity contribution in [1.82, 2.24) is 5.32 Å². The van der Waals surface area contributed by atoms with E-state index in [-0.39, 0.29) is 22.6 Å². The number of halogens is 1. The number of rotatable bonds is 6. The third-order valence-corrected chi connectivity index (χ3v) is 4.16. The standard InChI is InChI=1S/C21H14ClNO6/c22-14-8-6-12(7-9-14)17-10-15(20(25)26)18(29-17)11-16(21(27)28)23-19(24)13-4-2-1-3-5-13/h1-11H,(H,23,24)(H,25,26)(H,27,28). The molecule has 0 fully saturated rings. The number of hydrogen-bond donors (Lipinski definition) is 3. The lowest BCUT2D eigenvalue weighted by atomic mass is 10.1. The van der Waals surface area contributed by atoms with Gasteiger partial charge in [-0.1, -0.05) is 29.8 Å². The van der Waals surface area contributed by atoms with Gasteiger partial charge in [-0.15, -0.1) is 0 Å². The number of furan rings is 1. The molecule has 0 saturated carbocycles. The highest BCUT2D eigenvalue weighted by Crippen LogP contribution is 2.28. The molecule has 1 heterocycles. The molecule has 0 spiro atoms. The van der Waals surface area contributed by atoms with Gasteiger partial charge in [-0.05, 0) is 42.5 Å². The molecular formula is C21H14ClNO6. The fraction of sp³-hybridized carbons (Fsp3) is 0. The minimum absolute atomic E-state index is 0.212. The molecule has 8 heteroatoms. The maximum absolute atomic E-state index is 12.3. The second kappa shape index (κ2) is 8.45. The number of carbonyl (C=O) groups excluding carboxylic acids is 1. The Labute approximate surface area is 169 Å². The van der Waals surface area contributed by atoms with Crippen LogP contribution in [0, 0.1) is 0 Å². The van der Waals surface area contributed by atoms with Crippen LogP contribution >= 0.6 is 11.6 Å². The number of aliphatic carboxylic acids is 1. The SMILES string of the molecule is O=C(O)C(=Cc1oc(-c2ccc(Cl)cc2)cc1C(=O)O)NC(=O)c1ccccc1. The fourth-order valence-electron chi connectivity index (χ4n) is 2.50. The maximum Gasteiger partial charge on any atom is 0.352 e. The van der Waals surface area contributed by atoms with Crippen molar-refractivity contribution >= 4 is 35.5 Å². The Morgan fingerprint density at radius 2 is 1.62 bits per heavy atom. The van der Waals surface area contributed by atoms with Crippen LogP contribution in [-0.4, -0.2) is 28.1 Å². The number of benzene rings is 2. The zero-order chi connectivity index (χ0) is 21.0. The van der Waals surface area contributed by atoms with Crippen molar-refractivity contribution in [3.05, 3.63) is 88.3 Å². The van der Waals surface area contributed by atoms with Crippen LogP contribution in [-0.2, 0) is 4.79 Å². The third kappa shape index (κ3) is 4.72.